The molecule has 2 aromatic carbocycles. The Morgan fingerprint density at radius 1 is 0.939 bits per heavy atom. The van der Waals surface area contributed by atoms with Crippen molar-refractivity contribution in [3.63, 3.8) is 0 Å². The van der Waals surface area contributed by atoms with Crippen LogP contribution in [0.3, 0.4) is 0 Å². The van der Waals surface area contributed by atoms with Crippen molar-refractivity contribution in [2.24, 2.45) is 11.8 Å². The van der Waals surface area contributed by atoms with E-state index in [0.29, 0.717) is 18.4 Å². The highest BCUT2D eigenvalue weighted by atomic mass is 16.6. The van der Waals surface area contributed by atoms with E-state index in [-0.39, 0.29) is 11.3 Å². The normalized spacial score (nSPS) is 20.8. The molecule has 3 amide bonds. The number of benzene rings is 2. The van der Waals surface area contributed by atoms with Gasteiger partial charge >= 0.3 is 0 Å². The van der Waals surface area contributed by atoms with E-state index in [1.54, 1.807) is 30.3 Å². The van der Waals surface area contributed by atoms with E-state index < -0.39 is 46.3 Å². The Kier molecular flexibility index (Phi) is 6.04. The summed E-state index contributed by atoms with van der Waals surface area (Å²) in [5, 5.41) is 12.8. The number of carbonyl (C=O) groups is 4. The maximum atomic E-state index is 13.5. The third-order valence-electron chi connectivity index (χ3n) is 6.37. The molecular formula is C24H23N3O6. The molecule has 1 saturated carbocycles. The Balaban J connectivity index is 1.74. The van der Waals surface area contributed by atoms with Crippen LogP contribution in [-0.4, -0.2) is 44.5 Å². The lowest BCUT2D eigenvalue weighted by atomic mass is 9.81. The molecule has 33 heavy (non-hydrogen) atoms. The van der Waals surface area contributed by atoms with Gasteiger partial charge in [-0.05, 0) is 31.9 Å². The number of nitro groups is 1. The quantitative estimate of drug-likeness (QED) is 0.289. The Labute approximate surface area is 190 Å². The smallest absolute Gasteiger partial charge is 0.273 e. The molecule has 0 aromatic heterocycles. The first-order chi connectivity index (χ1) is 15.8. The van der Waals surface area contributed by atoms with Gasteiger partial charge in [0.15, 0.2) is 5.78 Å². The molecule has 9 nitrogen and oxygen atoms in total. The van der Waals surface area contributed by atoms with Gasteiger partial charge in [0.2, 0.25) is 0 Å². The van der Waals surface area contributed by atoms with Gasteiger partial charge in [0.25, 0.3) is 23.4 Å². The van der Waals surface area contributed by atoms with Gasteiger partial charge in [0, 0.05) is 23.3 Å². The fraction of sp³-hybridized carbons (Fsp3) is 0.333. The first-order valence-electron chi connectivity index (χ1n) is 10.9. The number of hydrogen-bond donors (Lipinski definition) is 0. The second kappa shape index (κ2) is 8.93. The van der Waals surface area contributed by atoms with Crippen LogP contribution in [-0.2, 0) is 9.59 Å². The minimum absolute atomic E-state index is 0.0313. The van der Waals surface area contributed by atoms with Gasteiger partial charge in [-0.1, -0.05) is 43.2 Å². The van der Waals surface area contributed by atoms with E-state index in [2.05, 4.69) is 0 Å². The van der Waals surface area contributed by atoms with Crippen LogP contribution in [0, 0.1) is 22.0 Å². The van der Waals surface area contributed by atoms with Crippen LogP contribution in [0.15, 0.2) is 54.6 Å². The standard InChI is InChI=1S/C24H23N3O6/c1-15(21(28)16-7-3-2-4-8-16)25(22(29)17-11-13-18(14-12-17)27(32)33)26-23(30)19-9-5-6-10-20(19)24(26)31/h2-4,7-8,11-15,19-20H,5-6,9-10H2,1H3/t15-,19-,20+/m1/s1. The molecule has 0 radical (unpaired) electrons. The van der Waals surface area contributed by atoms with Gasteiger partial charge < -0.3 is 0 Å². The lowest BCUT2D eigenvalue weighted by Gasteiger charge is -2.34. The molecule has 0 spiro atoms. The number of ketones is 1. The Bertz CT molecular complexity index is 1090. The zero-order valence-electron chi connectivity index (χ0n) is 18.0. The van der Waals surface area contributed by atoms with Crippen molar-refractivity contribution in [2.75, 3.05) is 0 Å². The van der Waals surface area contributed by atoms with Crippen molar-refractivity contribution < 1.29 is 24.1 Å². The molecule has 1 heterocycles. The van der Waals surface area contributed by atoms with E-state index >= 15 is 0 Å². The van der Waals surface area contributed by atoms with Gasteiger partial charge in [-0.25, -0.2) is 5.01 Å². The third-order valence-corrected chi connectivity index (χ3v) is 6.37. The Hall–Kier alpha value is -3.88. The van der Waals surface area contributed by atoms with Crippen LogP contribution in [0.5, 0.6) is 0 Å². The molecule has 0 unspecified atom stereocenters. The number of carbonyl (C=O) groups excluding carboxylic acids is 4. The predicted octanol–water partition coefficient (Wildman–Crippen LogP) is 3.40. The molecular weight excluding hydrogens is 426 g/mol. The van der Waals surface area contributed by atoms with Crippen LogP contribution in [0.25, 0.3) is 0 Å². The summed E-state index contributed by atoms with van der Waals surface area (Å²) in [4.78, 5) is 63.6. The summed E-state index contributed by atoms with van der Waals surface area (Å²) < 4.78 is 0. The largest absolute Gasteiger partial charge is 0.292 e. The number of hydrogen-bond acceptors (Lipinski definition) is 6. The fourth-order valence-electron chi connectivity index (χ4n) is 4.61. The molecule has 3 atom stereocenters. The average molecular weight is 449 g/mol. The van der Waals surface area contributed by atoms with Crippen molar-refractivity contribution in [3.05, 3.63) is 75.8 Å². The maximum absolute atomic E-state index is 13.5. The minimum atomic E-state index is -1.15. The van der Waals surface area contributed by atoms with Crippen LogP contribution in [0.4, 0.5) is 5.69 Å². The third kappa shape index (κ3) is 4.02. The molecule has 2 aliphatic rings. The SMILES string of the molecule is C[C@H](C(=O)c1ccccc1)N(C(=O)c1ccc([N+](=O)[O-])cc1)N1C(=O)[C@H]2CCCC[C@H]2C1=O. The summed E-state index contributed by atoms with van der Waals surface area (Å²) in [7, 11) is 0. The predicted molar refractivity (Wildman–Crippen MR) is 117 cm³/mol. The first-order valence-corrected chi connectivity index (χ1v) is 10.9. The molecule has 9 heteroatoms. The van der Waals surface area contributed by atoms with Crippen molar-refractivity contribution in [3.8, 4) is 0 Å². The summed E-state index contributed by atoms with van der Waals surface area (Å²) in [5.74, 6) is -3.14. The van der Waals surface area contributed by atoms with Crippen LogP contribution in [0.1, 0.15) is 53.3 Å². The summed E-state index contributed by atoms with van der Waals surface area (Å²) in [6, 6.07) is 12.0. The summed E-state index contributed by atoms with van der Waals surface area (Å²) in [6.45, 7) is 1.47. The van der Waals surface area contributed by atoms with Gasteiger partial charge in [-0.15, -0.1) is 0 Å². The summed E-state index contributed by atoms with van der Waals surface area (Å²) in [6.07, 6.45) is 2.77. The van der Waals surface area contributed by atoms with Crippen LogP contribution < -0.4 is 0 Å². The molecule has 1 aliphatic heterocycles. The number of rotatable bonds is 6. The topological polar surface area (TPSA) is 118 Å². The number of fused-ring (bicyclic) bond motifs is 1. The second-order valence-corrected chi connectivity index (χ2v) is 8.35. The monoisotopic (exact) mass is 449 g/mol. The Morgan fingerprint density at radius 2 is 1.48 bits per heavy atom. The number of Topliss-reactive ketones (excluding diaryl/α,β-unsaturated/α-hetero) is 1. The fourth-order valence-corrected chi connectivity index (χ4v) is 4.61. The van der Waals surface area contributed by atoms with E-state index in [0.717, 1.165) is 22.9 Å². The first kappa shape index (κ1) is 22.3. The summed E-state index contributed by atoms with van der Waals surface area (Å²) in [5.41, 5.74) is 0.164. The van der Waals surface area contributed by atoms with Crippen molar-refractivity contribution in [2.45, 2.75) is 38.6 Å². The lowest BCUT2D eigenvalue weighted by molar-refractivity contribution is -0.384. The van der Waals surface area contributed by atoms with Crippen molar-refractivity contribution >= 4 is 29.2 Å². The number of non-ortho nitro benzene ring substituents is 1. The molecule has 4 rings (SSSR count). The van der Waals surface area contributed by atoms with E-state index in [1.807, 2.05) is 0 Å². The number of imide groups is 1. The molecule has 1 aliphatic carbocycles. The van der Waals surface area contributed by atoms with Crippen LogP contribution in [0.2, 0.25) is 0 Å². The Morgan fingerprint density at radius 3 is 2.00 bits per heavy atom. The maximum Gasteiger partial charge on any atom is 0.273 e. The molecule has 2 fully saturated rings. The second-order valence-electron chi connectivity index (χ2n) is 8.35. The highest BCUT2D eigenvalue weighted by molar-refractivity contribution is 6.10. The minimum Gasteiger partial charge on any atom is -0.292 e. The lowest BCUT2D eigenvalue weighted by Crippen LogP contribution is -2.56. The van der Waals surface area contributed by atoms with E-state index in [1.165, 1.54) is 31.2 Å². The molecule has 1 saturated heterocycles. The zero-order chi connectivity index (χ0) is 23.7. The van der Waals surface area contributed by atoms with Crippen molar-refractivity contribution in [1.82, 2.24) is 10.0 Å². The number of amides is 3. The summed E-state index contributed by atoms with van der Waals surface area (Å²) >= 11 is 0. The van der Waals surface area contributed by atoms with Crippen LogP contribution >= 0.6 is 0 Å². The molecule has 0 bridgehead atoms. The van der Waals surface area contributed by atoms with Gasteiger partial charge in [-0.2, -0.15) is 5.01 Å². The van der Waals surface area contributed by atoms with Crippen molar-refractivity contribution in [1.29, 1.82) is 0 Å². The number of nitro benzene ring substituents is 1. The van der Waals surface area contributed by atoms with Gasteiger partial charge in [-0.3, -0.25) is 29.3 Å². The average Bonchev–Trinajstić information content (AvgIpc) is 3.09. The highest BCUT2D eigenvalue weighted by Crippen LogP contribution is 2.39. The zero-order valence-corrected chi connectivity index (χ0v) is 18.0. The molecule has 170 valence electrons. The van der Waals surface area contributed by atoms with E-state index in [9.17, 15) is 29.3 Å². The molecule has 0 N–H and O–H groups in total. The number of hydrazine groups is 1. The number of nitrogens with zero attached hydrogens (tertiary/aromatic N) is 3. The van der Waals surface area contributed by atoms with Gasteiger partial charge in [0.1, 0.15) is 6.04 Å². The highest BCUT2D eigenvalue weighted by Gasteiger charge is 2.53. The molecule has 2 aromatic rings. The van der Waals surface area contributed by atoms with Gasteiger partial charge in [0.05, 0.1) is 16.8 Å². The van der Waals surface area contributed by atoms with E-state index in [4.69, 9.17) is 0 Å².